The van der Waals surface area contributed by atoms with E-state index in [2.05, 4.69) is 38.0 Å². The number of hydrogen-bond acceptors (Lipinski definition) is 5. The molecule has 1 heterocycles. The van der Waals surface area contributed by atoms with Crippen LogP contribution in [0.3, 0.4) is 0 Å². The summed E-state index contributed by atoms with van der Waals surface area (Å²) in [4.78, 5) is 2.20. The summed E-state index contributed by atoms with van der Waals surface area (Å²) in [5.74, 6) is 0.232. The Morgan fingerprint density at radius 3 is 2.76 bits per heavy atom. The van der Waals surface area contributed by atoms with E-state index in [4.69, 9.17) is 15.7 Å². The van der Waals surface area contributed by atoms with E-state index in [0.29, 0.717) is 19.6 Å². The van der Waals surface area contributed by atoms with Crippen LogP contribution in [0.15, 0.2) is 9.63 Å². The molecule has 7 nitrogen and oxygen atoms in total. The van der Waals surface area contributed by atoms with Crippen molar-refractivity contribution in [3.63, 3.8) is 0 Å². The van der Waals surface area contributed by atoms with Gasteiger partial charge in [0, 0.05) is 40.2 Å². The van der Waals surface area contributed by atoms with Gasteiger partial charge in [-0.05, 0) is 22.4 Å². The molecule has 0 radical (unpaired) electrons. The van der Waals surface area contributed by atoms with Crippen LogP contribution in [0.1, 0.15) is 24.7 Å². The molecule has 0 aliphatic rings. The highest BCUT2D eigenvalue weighted by Crippen LogP contribution is 2.22. The summed E-state index contributed by atoms with van der Waals surface area (Å²) in [6, 6.07) is 0. The predicted octanol–water partition coefficient (Wildman–Crippen LogP) is 1.33. The average molecular weight is 362 g/mol. The third-order valence-electron chi connectivity index (χ3n) is 3.30. The van der Waals surface area contributed by atoms with Gasteiger partial charge < -0.3 is 15.7 Å². The topological polar surface area (TPSA) is 88.9 Å². The van der Waals surface area contributed by atoms with Gasteiger partial charge in [0.05, 0.1) is 22.5 Å². The number of amidine groups is 1. The third-order valence-corrected chi connectivity index (χ3v) is 4.22. The molecule has 0 fully saturated rings. The molecule has 0 aromatic carbocycles. The van der Waals surface area contributed by atoms with Crippen LogP contribution >= 0.6 is 15.9 Å². The van der Waals surface area contributed by atoms with Crippen molar-refractivity contribution in [2.75, 3.05) is 26.8 Å². The van der Waals surface area contributed by atoms with E-state index in [1.165, 1.54) is 0 Å². The number of aromatic nitrogens is 2. The Morgan fingerprint density at radius 1 is 1.52 bits per heavy atom. The summed E-state index contributed by atoms with van der Waals surface area (Å²) < 4.78 is 8.09. The van der Waals surface area contributed by atoms with Crippen molar-refractivity contribution in [3.8, 4) is 0 Å². The summed E-state index contributed by atoms with van der Waals surface area (Å²) in [5, 5.41) is 16.1. The second kappa shape index (κ2) is 9.01. The van der Waals surface area contributed by atoms with Crippen LogP contribution in [0.25, 0.3) is 0 Å². The number of aryl methyl sites for hydroxylation is 2. The maximum atomic E-state index is 8.64. The maximum Gasteiger partial charge on any atom is 0.140 e. The molecule has 8 heteroatoms. The highest BCUT2D eigenvalue weighted by atomic mass is 79.9. The van der Waals surface area contributed by atoms with Crippen molar-refractivity contribution >= 4 is 21.8 Å². The van der Waals surface area contributed by atoms with E-state index in [1.807, 2.05) is 11.7 Å². The quantitative estimate of drug-likeness (QED) is 0.299. The molecule has 1 rings (SSSR count). The second-order valence-corrected chi connectivity index (χ2v) is 5.59. The first kappa shape index (κ1) is 17.9. The monoisotopic (exact) mass is 361 g/mol. The summed E-state index contributed by atoms with van der Waals surface area (Å²) in [6.07, 6.45) is 1.40. The number of rotatable bonds is 9. The third kappa shape index (κ3) is 5.29. The summed E-state index contributed by atoms with van der Waals surface area (Å²) in [6.45, 7) is 4.91. The SMILES string of the molecule is CCc1nn(C)c(CN(CCOC)CCC(N)=NO)c1Br. The van der Waals surface area contributed by atoms with Crippen LogP contribution in [0.5, 0.6) is 0 Å². The molecule has 0 bridgehead atoms. The van der Waals surface area contributed by atoms with Crippen molar-refractivity contribution in [2.45, 2.75) is 26.3 Å². The van der Waals surface area contributed by atoms with E-state index in [-0.39, 0.29) is 5.84 Å². The number of oxime groups is 1. The van der Waals surface area contributed by atoms with Gasteiger partial charge in [-0.3, -0.25) is 9.58 Å². The predicted molar refractivity (Wildman–Crippen MR) is 85.5 cm³/mol. The fourth-order valence-electron chi connectivity index (χ4n) is 2.02. The Balaban J connectivity index is 2.77. The van der Waals surface area contributed by atoms with Crippen LogP contribution in [0.2, 0.25) is 0 Å². The number of halogens is 1. The van der Waals surface area contributed by atoms with E-state index in [0.717, 1.165) is 35.4 Å². The fourth-order valence-corrected chi connectivity index (χ4v) is 2.76. The summed E-state index contributed by atoms with van der Waals surface area (Å²) in [7, 11) is 3.62. The first-order chi connectivity index (χ1) is 10.0. The van der Waals surface area contributed by atoms with Gasteiger partial charge >= 0.3 is 0 Å². The molecule has 0 unspecified atom stereocenters. The summed E-state index contributed by atoms with van der Waals surface area (Å²) >= 11 is 3.62. The van der Waals surface area contributed by atoms with Crippen molar-refractivity contribution in [2.24, 2.45) is 17.9 Å². The molecule has 0 saturated heterocycles. The van der Waals surface area contributed by atoms with Gasteiger partial charge in [0.15, 0.2) is 0 Å². The Hall–Kier alpha value is -1.12. The Labute approximate surface area is 133 Å². The van der Waals surface area contributed by atoms with Crippen molar-refractivity contribution in [3.05, 3.63) is 15.9 Å². The summed E-state index contributed by atoms with van der Waals surface area (Å²) in [5.41, 5.74) is 7.71. The molecule has 0 aliphatic heterocycles. The number of nitrogens with two attached hydrogens (primary N) is 1. The molecule has 0 amide bonds. The van der Waals surface area contributed by atoms with Gasteiger partial charge in [0.1, 0.15) is 5.84 Å². The van der Waals surface area contributed by atoms with Crippen molar-refractivity contribution < 1.29 is 9.94 Å². The van der Waals surface area contributed by atoms with Gasteiger partial charge in [0.25, 0.3) is 0 Å². The second-order valence-electron chi connectivity index (χ2n) is 4.79. The van der Waals surface area contributed by atoms with Gasteiger partial charge in [-0.15, -0.1) is 0 Å². The number of nitrogens with zero attached hydrogens (tertiary/aromatic N) is 4. The van der Waals surface area contributed by atoms with Crippen LogP contribution in [-0.4, -0.2) is 52.5 Å². The largest absolute Gasteiger partial charge is 0.409 e. The van der Waals surface area contributed by atoms with Crippen LogP contribution in [0, 0.1) is 0 Å². The van der Waals surface area contributed by atoms with E-state index in [1.54, 1.807) is 7.11 Å². The minimum Gasteiger partial charge on any atom is -0.409 e. The lowest BCUT2D eigenvalue weighted by molar-refractivity contribution is 0.144. The maximum absolute atomic E-state index is 8.64. The van der Waals surface area contributed by atoms with Crippen molar-refractivity contribution in [1.29, 1.82) is 0 Å². The fraction of sp³-hybridized carbons (Fsp3) is 0.692. The molecule has 1 aromatic heterocycles. The van der Waals surface area contributed by atoms with E-state index < -0.39 is 0 Å². The first-order valence-electron chi connectivity index (χ1n) is 6.91. The molecule has 0 aliphatic carbocycles. The average Bonchev–Trinajstić information content (AvgIpc) is 2.76. The molecule has 1 aromatic rings. The Bertz CT molecular complexity index is 475. The zero-order valence-corrected chi connectivity index (χ0v) is 14.4. The number of ether oxygens (including phenoxy) is 1. The molecule has 0 spiro atoms. The van der Waals surface area contributed by atoms with Gasteiger partial charge in [0.2, 0.25) is 0 Å². The molecule has 3 N–H and O–H groups in total. The van der Waals surface area contributed by atoms with E-state index in [9.17, 15) is 0 Å². The van der Waals surface area contributed by atoms with Crippen LogP contribution in [-0.2, 0) is 24.8 Å². The van der Waals surface area contributed by atoms with Crippen molar-refractivity contribution in [1.82, 2.24) is 14.7 Å². The lowest BCUT2D eigenvalue weighted by Crippen LogP contribution is -2.31. The van der Waals surface area contributed by atoms with Gasteiger partial charge in [-0.1, -0.05) is 12.1 Å². The number of methoxy groups -OCH3 is 1. The molecule has 0 saturated carbocycles. The zero-order chi connectivity index (χ0) is 15.8. The minimum atomic E-state index is 0.232. The normalized spacial score (nSPS) is 12.3. The molecular weight excluding hydrogens is 338 g/mol. The zero-order valence-electron chi connectivity index (χ0n) is 12.8. The molecular formula is C13H24BrN5O2. The first-order valence-corrected chi connectivity index (χ1v) is 7.70. The van der Waals surface area contributed by atoms with Crippen LogP contribution in [0.4, 0.5) is 0 Å². The highest BCUT2D eigenvalue weighted by Gasteiger charge is 2.16. The molecule has 21 heavy (non-hydrogen) atoms. The lowest BCUT2D eigenvalue weighted by Gasteiger charge is -2.22. The lowest BCUT2D eigenvalue weighted by atomic mass is 10.2. The minimum absolute atomic E-state index is 0.232. The molecule has 0 atom stereocenters. The van der Waals surface area contributed by atoms with Gasteiger partial charge in [-0.25, -0.2) is 0 Å². The van der Waals surface area contributed by atoms with Crippen LogP contribution < -0.4 is 5.73 Å². The Kier molecular flexibility index (Phi) is 7.69. The molecule has 120 valence electrons. The Morgan fingerprint density at radius 2 is 2.24 bits per heavy atom. The smallest absolute Gasteiger partial charge is 0.140 e. The highest BCUT2D eigenvalue weighted by molar-refractivity contribution is 9.10. The van der Waals surface area contributed by atoms with Gasteiger partial charge in [-0.2, -0.15) is 5.10 Å². The number of hydrogen-bond donors (Lipinski definition) is 2. The standard InChI is InChI=1S/C13H24BrN5O2/c1-4-10-13(14)11(18(2)16-10)9-19(7-8-21-3)6-5-12(15)17-20/h20H,4-9H2,1-3H3,(H2,15,17). The van der Waals surface area contributed by atoms with E-state index >= 15 is 0 Å².